The van der Waals surface area contributed by atoms with Crippen molar-refractivity contribution in [1.82, 2.24) is 4.98 Å². The van der Waals surface area contributed by atoms with E-state index in [9.17, 15) is 10.1 Å². The Balaban J connectivity index is 2.69. The predicted molar refractivity (Wildman–Crippen MR) is 60.5 cm³/mol. The Kier molecular flexibility index (Phi) is 4.65. The second-order valence-electron chi connectivity index (χ2n) is 3.34. The second kappa shape index (κ2) is 6.02. The Morgan fingerprint density at radius 1 is 1.69 bits per heavy atom. The fourth-order valence-electron chi connectivity index (χ4n) is 1.26. The molecule has 0 fully saturated rings. The molecule has 1 atom stereocenters. The van der Waals surface area contributed by atoms with Crippen molar-refractivity contribution >= 4 is 11.5 Å². The minimum absolute atomic E-state index is 0.00264. The molecule has 0 saturated carbocycles. The van der Waals surface area contributed by atoms with E-state index in [1.54, 1.807) is 12.1 Å². The third-order valence-electron chi connectivity index (χ3n) is 1.93. The second-order valence-corrected chi connectivity index (χ2v) is 3.34. The molecular formula is C10H15N3O3. The molecule has 1 heterocycles. The van der Waals surface area contributed by atoms with Crippen LogP contribution in [-0.2, 0) is 4.74 Å². The highest BCUT2D eigenvalue weighted by atomic mass is 16.6. The van der Waals surface area contributed by atoms with Gasteiger partial charge in [0.1, 0.15) is 11.9 Å². The van der Waals surface area contributed by atoms with Crippen LogP contribution >= 0.6 is 0 Å². The van der Waals surface area contributed by atoms with Gasteiger partial charge in [0.15, 0.2) is 0 Å². The number of anilines is 1. The van der Waals surface area contributed by atoms with Crippen molar-refractivity contribution in [2.75, 3.05) is 18.5 Å². The third-order valence-corrected chi connectivity index (χ3v) is 1.93. The first-order chi connectivity index (χ1) is 7.65. The molecule has 0 spiro atoms. The maximum atomic E-state index is 10.7. The SMILES string of the molecule is CCOCC(C)Nc1cccnc1[N+](=O)[O-]. The summed E-state index contributed by atoms with van der Waals surface area (Å²) < 4.78 is 5.22. The van der Waals surface area contributed by atoms with Gasteiger partial charge in [0.25, 0.3) is 0 Å². The molecule has 16 heavy (non-hydrogen) atoms. The molecule has 0 saturated heterocycles. The fraction of sp³-hybridized carbons (Fsp3) is 0.500. The van der Waals surface area contributed by atoms with Crippen LogP contribution in [0.4, 0.5) is 11.5 Å². The number of nitrogens with zero attached hydrogens (tertiary/aromatic N) is 2. The van der Waals surface area contributed by atoms with Crippen LogP contribution in [-0.4, -0.2) is 29.2 Å². The zero-order chi connectivity index (χ0) is 12.0. The minimum atomic E-state index is -0.504. The van der Waals surface area contributed by atoms with Crippen molar-refractivity contribution in [3.8, 4) is 0 Å². The number of nitro groups is 1. The molecule has 6 nitrogen and oxygen atoms in total. The lowest BCUT2D eigenvalue weighted by molar-refractivity contribution is -0.388. The van der Waals surface area contributed by atoms with E-state index in [0.717, 1.165) is 0 Å². The summed E-state index contributed by atoms with van der Waals surface area (Å²) in [6.07, 6.45) is 1.40. The summed E-state index contributed by atoms with van der Waals surface area (Å²) in [6.45, 7) is 4.93. The van der Waals surface area contributed by atoms with E-state index in [1.165, 1.54) is 6.20 Å². The Morgan fingerprint density at radius 3 is 3.06 bits per heavy atom. The summed E-state index contributed by atoms with van der Waals surface area (Å²) >= 11 is 0. The number of pyridine rings is 1. The van der Waals surface area contributed by atoms with E-state index in [4.69, 9.17) is 4.74 Å². The van der Waals surface area contributed by atoms with Gasteiger partial charge in [-0.2, -0.15) is 0 Å². The molecule has 1 aromatic rings. The number of aromatic nitrogens is 1. The average molecular weight is 225 g/mol. The van der Waals surface area contributed by atoms with Crippen LogP contribution in [0.3, 0.4) is 0 Å². The zero-order valence-corrected chi connectivity index (χ0v) is 9.34. The van der Waals surface area contributed by atoms with E-state index < -0.39 is 4.92 Å². The molecule has 0 aliphatic heterocycles. The van der Waals surface area contributed by atoms with E-state index in [0.29, 0.717) is 18.9 Å². The molecule has 1 rings (SSSR count). The first-order valence-electron chi connectivity index (χ1n) is 5.08. The lowest BCUT2D eigenvalue weighted by Crippen LogP contribution is -2.22. The number of hydrogen-bond acceptors (Lipinski definition) is 5. The Labute approximate surface area is 93.8 Å². The molecule has 0 radical (unpaired) electrons. The lowest BCUT2D eigenvalue weighted by atomic mass is 10.3. The van der Waals surface area contributed by atoms with Crippen molar-refractivity contribution < 1.29 is 9.66 Å². The number of hydrogen-bond donors (Lipinski definition) is 1. The quantitative estimate of drug-likeness (QED) is 0.590. The molecule has 1 aromatic heterocycles. The smallest absolute Gasteiger partial charge is 0.380 e. The van der Waals surface area contributed by atoms with Gasteiger partial charge in [-0.1, -0.05) is 0 Å². The molecule has 88 valence electrons. The largest absolute Gasteiger partial charge is 0.386 e. The van der Waals surface area contributed by atoms with Crippen molar-refractivity contribution in [3.63, 3.8) is 0 Å². The van der Waals surface area contributed by atoms with Crippen molar-refractivity contribution in [3.05, 3.63) is 28.4 Å². The van der Waals surface area contributed by atoms with Gasteiger partial charge in [-0.25, -0.2) is 0 Å². The topological polar surface area (TPSA) is 77.3 Å². The number of nitrogens with one attached hydrogen (secondary N) is 1. The molecule has 0 bridgehead atoms. The van der Waals surface area contributed by atoms with E-state index in [1.807, 2.05) is 13.8 Å². The molecule has 0 aliphatic rings. The van der Waals surface area contributed by atoms with Gasteiger partial charge in [-0.15, -0.1) is 0 Å². The Bertz CT molecular complexity index is 357. The Hall–Kier alpha value is -1.69. The minimum Gasteiger partial charge on any atom is -0.380 e. The Morgan fingerprint density at radius 2 is 2.44 bits per heavy atom. The highest BCUT2D eigenvalue weighted by molar-refractivity contribution is 5.57. The summed E-state index contributed by atoms with van der Waals surface area (Å²) in [6, 6.07) is 3.29. The number of ether oxygens (including phenoxy) is 1. The van der Waals surface area contributed by atoms with Crippen LogP contribution in [0.15, 0.2) is 18.3 Å². The molecule has 0 aromatic carbocycles. The summed E-state index contributed by atoms with van der Waals surface area (Å²) in [7, 11) is 0. The molecule has 1 N–H and O–H groups in total. The molecule has 6 heteroatoms. The van der Waals surface area contributed by atoms with Crippen LogP contribution in [0.5, 0.6) is 0 Å². The van der Waals surface area contributed by atoms with Crippen molar-refractivity contribution in [1.29, 1.82) is 0 Å². The fourth-order valence-corrected chi connectivity index (χ4v) is 1.26. The third kappa shape index (κ3) is 3.47. The van der Waals surface area contributed by atoms with Crippen LogP contribution in [0.1, 0.15) is 13.8 Å². The molecular weight excluding hydrogens is 210 g/mol. The van der Waals surface area contributed by atoms with Gasteiger partial charge in [0.05, 0.1) is 6.61 Å². The van der Waals surface area contributed by atoms with Crippen molar-refractivity contribution in [2.45, 2.75) is 19.9 Å². The van der Waals surface area contributed by atoms with E-state index in [-0.39, 0.29) is 11.9 Å². The van der Waals surface area contributed by atoms with Crippen molar-refractivity contribution in [2.24, 2.45) is 0 Å². The van der Waals surface area contributed by atoms with Crippen LogP contribution < -0.4 is 5.32 Å². The predicted octanol–water partition coefficient (Wildman–Crippen LogP) is 1.83. The molecule has 1 unspecified atom stereocenters. The van der Waals surface area contributed by atoms with Gasteiger partial charge in [-0.05, 0) is 35.9 Å². The van der Waals surface area contributed by atoms with Gasteiger partial charge in [0.2, 0.25) is 0 Å². The van der Waals surface area contributed by atoms with Gasteiger partial charge < -0.3 is 20.2 Å². The average Bonchev–Trinajstić information content (AvgIpc) is 2.27. The monoisotopic (exact) mass is 225 g/mol. The van der Waals surface area contributed by atoms with Gasteiger partial charge in [0, 0.05) is 12.6 Å². The summed E-state index contributed by atoms with van der Waals surface area (Å²) in [5.41, 5.74) is 0.416. The maximum absolute atomic E-state index is 10.7. The lowest BCUT2D eigenvalue weighted by Gasteiger charge is -2.14. The van der Waals surface area contributed by atoms with Gasteiger partial charge >= 0.3 is 5.82 Å². The molecule has 0 amide bonds. The molecule has 0 aliphatic carbocycles. The summed E-state index contributed by atoms with van der Waals surface area (Å²) in [4.78, 5) is 13.9. The van der Waals surface area contributed by atoms with Crippen LogP contribution in [0.25, 0.3) is 0 Å². The normalized spacial score (nSPS) is 12.1. The maximum Gasteiger partial charge on any atom is 0.386 e. The van der Waals surface area contributed by atoms with E-state index >= 15 is 0 Å². The number of rotatable bonds is 6. The van der Waals surface area contributed by atoms with Crippen LogP contribution in [0, 0.1) is 10.1 Å². The first-order valence-corrected chi connectivity index (χ1v) is 5.08. The highest BCUT2D eigenvalue weighted by Gasteiger charge is 2.15. The zero-order valence-electron chi connectivity index (χ0n) is 9.34. The standard InChI is InChI=1S/C10H15N3O3/c1-3-16-7-8(2)12-9-5-4-6-11-10(9)13(14)15/h4-6,8,12H,3,7H2,1-2H3. The first kappa shape index (κ1) is 12.4. The summed E-state index contributed by atoms with van der Waals surface area (Å²) in [5, 5.41) is 13.7. The van der Waals surface area contributed by atoms with E-state index in [2.05, 4.69) is 10.3 Å². The summed E-state index contributed by atoms with van der Waals surface area (Å²) in [5.74, 6) is -0.161. The van der Waals surface area contributed by atoms with Gasteiger partial charge in [-0.3, -0.25) is 0 Å². The highest BCUT2D eigenvalue weighted by Crippen LogP contribution is 2.20. The van der Waals surface area contributed by atoms with Crippen LogP contribution in [0.2, 0.25) is 0 Å².